The Balaban J connectivity index is 2.04. The van der Waals surface area contributed by atoms with E-state index in [2.05, 4.69) is 17.2 Å². The van der Waals surface area contributed by atoms with Gasteiger partial charge in [-0.1, -0.05) is 6.92 Å². The summed E-state index contributed by atoms with van der Waals surface area (Å²) in [4.78, 5) is 4.40. The number of pyridine rings is 1. The van der Waals surface area contributed by atoms with E-state index in [0.717, 1.165) is 34.5 Å². The molecule has 4 nitrogen and oxygen atoms in total. The van der Waals surface area contributed by atoms with Gasteiger partial charge >= 0.3 is 0 Å². The smallest absolute Gasteiger partial charge is 0.231 e. The van der Waals surface area contributed by atoms with Crippen molar-refractivity contribution in [3.05, 3.63) is 24.4 Å². The van der Waals surface area contributed by atoms with Crippen molar-refractivity contribution in [2.45, 2.75) is 19.4 Å². The molecule has 0 fully saturated rings. The van der Waals surface area contributed by atoms with Crippen molar-refractivity contribution in [3.63, 3.8) is 0 Å². The molecule has 2 heterocycles. The lowest BCUT2D eigenvalue weighted by molar-refractivity contribution is 0.174. The predicted octanol–water partition coefficient (Wildman–Crippen LogP) is 3.39. The van der Waals surface area contributed by atoms with E-state index in [-0.39, 0.29) is 12.8 Å². The Kier molecular flexibility index (Phi) is 3.34. The van der Waals surface area contributed by atoms with Crippen molar-refractivity contribution in [1.29, 1.82) is 0 Å². The zero-order chi connectivity index (χ0) is 13.2. The van der Waals surface area contributed by atoms with Crippen molar-refractivity contribution in [2.75, 3.05) is 18.0 Å². The highest BCUT2D eigenvalue weighted by Gasteiger charge is 2.16. The standard InChI is InChI=1S/C14H15ClN2O2/c1-2-10(7-15)17-14-11-6-13-12(18-8-19-13)5-9(11)3-4-16-14/h3-6,10H,2,7-8H2,1H3,(H,16,17). The van der Waals surface area contributed by atoms with E-state index >= 15 is 0 Å². The third-order valence-corrected chi connectivity index (χ3v) is 3.65. The largest absolute Gasteiger partial charge is 0.454 e. The zero-order valence-corrected chi connectivity index (χ0v) is 11.4. The highest BCUT2D eigenvalue weighted by atomic mass is 35.5. The number of fused-ring (bicyclic) bond motifs is 2. The van der Waals surface area contributed by atoms with Crippen LogP contribution < -0.4 is 14.8 Å². The number of hydrogen-bond donors (Lipinski definition) is 1. The summed E-state index contributed by atoms with van der Waals surface area (Å²) in [6.45, 7) is 2.38. The molecule has 1 aliphatic heterocycles. The Morgan fingerprint density at radius 2 is 2.16 bits per heavy atom. The van der Waals surface area contributed by atoms with Gasteiger partial charge in [0.25, 0.3) is 0 Å². The third-order valence-electron chi connectivity index (χ3n) is 3.28. The Hall–Kier alpha value is -1.68. The molecule has 3 rings (SSSR count). The number of halogens is 1. The Morgan fingerprint density at radius 3 is 2.89 bits per heavy atom. The lowest BCUT2D eigenvalue weighted by atomic mass is 10.1. The second-order valence-corrected chi connectivity index (χ2v) is 4.80. The third kappa shape index (κ3) is 2.28. The molecular weight excluding hydrogens is 264 g/mol. The highest BCUT2D eigenvalue weighted by molar-refractivity contribution is 6.18. The first-order valence-electron chi connectivity index (χ1n) is 6.32. The lowest BCUT2D eigenvalue weighted by Gasteiger charge is -2.16. The summed E-state index contributed by atoms with van der Waals surface area (Å²) >= 11 is 5.93. The van der Waals surface area contributed by atoms with E-state index in [9.17, 15) is 0 Å². The van der Waals surface area contributed by atoms with Crippen molar-refractivity contribution >= 4 is 28.2 Å². The molecule has 1 unspecified atom stereocenters. The van der Waals surface area contributed by atoms with Gasteiger partial charge in [-0.2, -0.15) is 0 Å². The fourth-order valence-corrected chi connectivity index (χ4v) is 2.42. The van der Waals surface area contributed by atoms with Gasteiger partial charge in [-0.3, -0.25) is 0 Å². The van der Waals surface area contributed by atoms with Gasteiger partial charge in [0.1, 0.15) is 5.82 Å². The van der Waals surface area contributed by atoms with Gasteiger partial charge in [-0.25, -0.2) is 4.98 Å². The number of hydrogen-bond acceptors (Lipinski definition) is 4. The molecule has 100 valence electrons. The molecule has 0 spiro atoms. The van der Waals surface area contributed by atoms with Crippen molar-refractivity contribution < 1.29 is 9.47 Å². The monoisotopic (exact) mass is 278 g/mol. The van der Waals surface area contributed by atoms with Crippen LogP contribution in [0.5, 0.6) is 11.5 Å². The van der Waals surface area contributed by atoms with Gasteiger partial charge in [-0.15, -0.1) is 11.6 Å². The van der Waals surface area contributed by atoms with Gasteiger partial charge in [0.2, 0.25) is 6.79 Å². The summed E-state index contributed by atoms with van der Waals surface area (Å²) in [6.07, 6.45) is 2.74. The normalized spacial score (nSPS) is 14.6. The van der Waals surface area contributed by atoms with E-state index in [0.29, 0.717) is 5.88 Å². The van der Waals surface area contributed by atoms with Crippen LogP contribution >= 0.6 is 11.6 Å². The Labute approximate surface area is 116 Å². The number of anilines is 1. The first-order chi connectivity index (χ1) is 9.31. The number of aromatic nitrogens is 1. The van der Waals surface area contributed by atoms with E-state index in [1.165, 1.54) is 0 Å². The van der Waals surface area contributed by atoms with E-state index in [4.69, 9.17) is 21.1 Å². The van der Waals surface area contributed by atoms with Crippen molar-refractivity contribution in [2.24, 2.45) is 0 Å². The van der Waals surface area contributed by atoms with Crippen molar-refractivity contribution in [1.82, 2.24) is 4.98 Å². The number of benzene rings is 1. The predicted molar refractivity (Wildman–Crippen MR) is 76.3 cm³/mol. The van der Waals surface area contributed by atoms with Gasteiger partial charge in [0.05, 0.1) is 0 Å². The highest BCUT2D eigenvalue weighted by Crippen LogP contribution is 2.37. The number of nitrogens with one attached hydrogen (secondary N) is 1. The van der Waals surface area contributed by atoms with Crippen LogP contribution in [-0.2, 0) is 0 Å². The minimum absolute atomic E-state index is 0.213. The van der Waals surface area contributed by atoms with Gasteiger partial charge in [0.15, 0.2) is 11.5 Å². The van der Waals surface area contributed by atoms with Crippen LogP contribution in [0.4, 0.5) is 5.82 Å². The first kappa shape index (κ1) is 12.4. The summed E-state index contributed by atoms with van der Waals surface area (Å²) in [5.74, 6) is 2.94. The lowest BCUT2D eigenvalue weighted by Crippen LogP contribution is -2.20. The van der Waals surface area contributed by atoms with Crippen LogP contribution in [0.3, 0.4) is 0 Å². The Morgan fingerprint density at radius 1 is 1.37 bits per heavy atom. The average Bonchev–Trinajstić information content (AvgIpc) is 2.89. The Bertz CT molecular complexity index is 599. The second kappa shape index (κ2) is 5.13. The molecule has 1 aromatic carbocycles. The summed E-state index contributed by atoms with van der Waals surface area (Å²) in [7, 11) is 0. The van der Waals surface area contributed by atoms with Crippen molar-refractivity contribution in [3.8, 4) is 11.5 Å². The number of alkyl halides is 1. The summed E-state index contributed by atoms with van der Waals surface area (Å²) < 4.78 is 10.8. The molecular formula is C14H15ClN2O2. The molecule has 0 saturated heterocycles. The molecule has 1 aromatic heterocycles. The molecule has 0 aliphatic carbocycles. The molecule has 1 N–H and O–H groups in total. The minimum Gasteiger partial charge on any atom is -0.454 e. The van der Waals surface area contributed by atoms with Gasteiger partial charge in [-0.05, 0) is 30.0 Å². The van der Waals surface area contributed by atoms with Crippen LogP contribution in [-0.4, -0.2) is 23.7 Å². The molecule has 19 heavy (non-hydrogen) atoms. The fourth-order valence-electron chi connectivity index (χ4n) is 2.12. The summed E-state index contributed by atoms with van der Waals surface area (Å²) in [6, 6.07) is 6.12. The van der Waals surface area contributed by atoms with Crippen LogP contribution in [0.2, 0.25) is 0 Å². The van der Waals surface area contributed by atoms with E-state index in [1.54, 1.807) is 6.20 Å². The number of rotatable bonds is 4. The zero-order valence-electron chi connectivity index (χ0n) is 10.6. The maximum absolute atomic E-state index is 5.93. The molecule has 2 aromatic rings. The second-order valence-electron chi connectivity index (χ2n) is 4.49. The van der Waals surface area contributed by atoms with Crippen LogP contribution in [0.25, 0.3) is 10.8 Å². The molecule has 5 heteroatoms. The van der Waals surface area contributed by atoms with Crippen LogP contribution in [0, 0.1) is 0 Å². The molecule has 0 amide bonds. The summed E-state index contributed by atoms with van der Waals surface area (Å²) in [5, 5.41) is 5.47. The number of nitrogens with zero attached hydrogens (tertiary/aromatic N) is 1. The number of ether oxygens (including phenoxy) is 2. The van der Waals surface area contributed by atoms with Crippen LogP contribution in [0.1, 0.15) is 13.3 Å². The maximum Gasteiger partial charge on any atom is 0.231 e. The molecule has 0 saturated carbocycles. The van der Waals surface area contributed by atoms with Gasteiger partial charge in [0, 0.05) is 23.5 Å². The van der Waals surface area contributed by atoms with E-state index < -0.39 is 0 Å². The molecule has 0 radical (unpaired) electrons. The minimum atomic E-state index is 0.213. The van der Waals surface area contributed by atoms with E-state index in [1.807, 2.05) is 18.2 Å². The molecule has 1 aliphatic rings. The molecule has 0 bridgehead atoms. The maximum atomic E-state index is 5.93. The molecule has 1 atom stereocenters. The topological polar surface area (TPSA) is 43.4 Å². The quantitative estimate of drug-likeness (QED) is 0.871. The first-order valence-corrected chi connectivity index (χ1v) is 6.86. The summed E-state index contributed by atoms with van der Waals surface area (Å²) in [5.41, 5.74) is 0. The SMILES string of the molecule is CCC(CCl)Nc1nccc2cc3c(cc12)OCO3. The van der Waals surface area contributed by atoms with Crippen LogP contribution in [0.15, 0.2) is 24.4 Å². The van der Waals surface area contributed by atoms with Gasteiger partial charge < -0.3 is 14.8 Å². The average molecular weight is 279 g/mol. The fraction of sp³-hybridized carbons (Fsp3) is 0.357.